The molecule has 0 saturated heterocycles. The van der Waals surface area contributed by atoms with Crippen molar-refractivity contribution in [2.75, 3.05) is 13.2 Å². The van der Waals surface area contributed by atoms with Crippen LogP contribution in [0.25, 0.3) is 0 Å². The van der Waals surface area contributed by atoms with Crippen LogP contribution in [0.2, 0.25) is 0 Å². The van der Waals surface area contributed by atoms with Gasteiger partial charge in [0.25, 0.3) is 0 Å². The second-order valence-electron chi connectivity index (χ2n) is 11.6. The van der Waals surface area contributed by atoms with Crippen molar-refractivity contribution in [2.45, 2.75) is 148 Å². The minimum Gasteiger partial charge on any atom is -0.462 e. The molecule has 0 aromatic rings. The van der Waals surface area contributed by atoms with Crippen LogP contribution < -0.4 is 0 Å². The summed E-state index contributed by atoms with van der Waals surface area (Å²) in [5.41, 5.74) is 0. The van der Waals surface area contributed by atoms with Crippen molar-refractivity contribution >= 4 is 11.9 Å². The van der Waals surface area contributed by atoms with Crippen LogP contribution in [-0.2, 0) is 19.1 Å². The summed E-state index contributed by atoms with van der Waals surface area (Å²) in [7, 11) is 0. The molecule has 0 bridgehead atoms. The molecule has 0 aromatic heterocycles. The van der Waals surface area contributed by atoms with Crippen molar-refractivity contribution in [1.29, 1.82) is 0 Å². The molecule has 0 heterocycles. The zero-order chi connectivity index (χ0) is 33.6. The SMILES string of the molecule is CCC=CCC=CCC=CCC=CCC=CCC=CCCC(=O)O[C@@H](CO)COC(=O)CCCCCCCC=CCCCCCC. The van der Waals surface area contributed by atoms with E-state index in [0.29, 0.717) is 12.8 Å². The summed E-state index contributed by atoms with van der Waals surface area (Å²) in [6.07, 6.45) is 49.3. The van der Waals surface area contributed by atoms with E-state index in [9.17, 15) is 14.7 Å². The first-order valence-electron chi connectivity index (χ1n) is 18.1. The van der Waals surface area contributed by atoms with Crippen LogP contribution in [0.1, 0.15) is 142 Å². The molecular formula is C41H66O5. The second-order valence-corrected chi connectivity index (χ2v) is 11.6. The molecule has 0 aromatic carbocycles. The molecular weight excluding hydrogens is 572 g/mol. The third kappa shape index (κ3) is 34.0. The van der Waals surface area contributed by atoms with Gasteiger partial charge in [0.15, 0.2) is 6.10 Å². The fourth-order valence-corrected chi connectivity index (χ4v) is 4.45. The summed E-state index contributed by atoms with van der Waals surface area (Å²) in [6, 6.07) is 0. The van der Waals surface area contributed by atoms with Crippen LogP contribution in [0.15, 0.2) is 85.1 Å². The van der Waals surface area contributed by atoms with Gasteiger partial charge in [0, 0.05) is 12.8 Å². The van der Waals surface area contributed by atoms with Crippen LogP contribution >= 0.6 is 0 Å². The lowest BCUT2D eigenvalue weighted by atomic mass is 10.1. The van der Waals surface area contributed by atoms with Crippen LogP contribution in [0, 0.1) is 0 Å². The van der Waals surface area contributed by atoms with E-state index in [-0.39, 0.29) is 25.6 Å². The van der Waals surface area contributed by atoms with Crippen LogP contribution in [-0.4, -0.2) is 36.4 Å². The number of aliphatic hydroxyl groups is 1. The van der Waals surface area contributed by atoms with E-state index in [4.69, 9.17) is 9.47 Å². The van der Waals surface area contributed by atoms with Crippen molar-refractivity contribution in [3.8, 4) is 0 Å². The Morgan fingerprint density at radius 1 is 0.522 bits per heavy atom. The average molecular weight is 639 g/mol. The predicted octanol–water partition coefficient (Wildman–Crippen LogP) is 11.2. The zero-order valence-corrected chi connectivity index (χ0v) is 29.3. The highest BCUT2D eigenvalue weighted by molar-refractivity contribution is 5.70. The molecule has 0 saturated carbocycles. The Labute approximate surface area is 282 Å². The largest absolute Gasteiger partial charge is 0.462 e. The Balaban J connectivity index is 3.77. The molecule has 0 radical (unpaired) electrons. The van der Waals surface area contributed by atoms with Crippen LogP contribution in [0.5, 0.6) is 0 Å². The lowest BCUT2D eigenvalue weighted by molar-refractivity contribution is -0.161. The van der Waals surface area contributed by atoms with Gasteiger partial charge in [0.05, 0.1) is 6.61 Å². The number of rotatable bonds is 31. The van der Waals surface area contributed by atoms with Crippen molar-refractivity contribution in [3.05, 3.63) is 85.1 Å². The quantitative estimate of drug-likeness (QED) is 0.0465. The highest BCUT2D eigenvalue weighted by Crippen LogP contribution is 2.10. The molecule has 5 heteroatoms. The Morgan fingerprint density at radius 2 is 0.978 bits per heavy atom. The van der Waals surface area contributed by atoms with Crippen LogP contribution in [0.4, 0.5) is 0 Å². The summed E-state index contributed by atoms with van der Waals surface area (Å²) in [5.74, 6) is -0.709. The predicted molar refractivity (Wildman–Crippen MR) is 196 cm³/mol. The molecule has 1 atom stereocenters. The van der Waals surface area contributed by atoms with E-state index >= 15 is 0 Å². The first-order chi connectivity index (χ1) is 22.6. The number of hydrogen-bond acceptors (Lipinski definition) is 5. The monoisotopic (exact) mass is 638 g/mol. The van der Waals surface area contributed by atoms with E-state index in [1.807, 2.05) is 12.2 Å². The number of carbonyl (C=O) groups excluding carboxylic acids is 2. The third-order valence-corrected chi connectivity index (χ3v) is 7.19. The Morgan fingerprint density at radius 3 is 1.50 bits per heavy atom. The Hall–Kier alpha value is -2.92. The van der Waals surface area contributed by atoms with Gasteiger partial charge in [0.1, 0.15) is 6.61 Å². The molecule has 46 heavy (non-hydrogen) atoms. The van der Waals surface area contributed by atoms with Crippen molar-refractivity contribution < 1.29 is 24.2 Å². The number of aliphatic hydroxyl groups excluding tert-OH is 1. The summed E-state index contributed by atoms with van der Waals surface area (Å²) in [5, 5.41) is 9.51. The molecule has 0 spiro atoms. The first-order valence-corrected chi connectivity index (χ1v) is 18.1. The molecule has 0 unspecified atom stereocenters. The van der Waals surface area contributed by atoms with Gasteiger partial charge in [-0.15, -0.1) is 0 Å². The smallest absolute Gasteiger partial charge is 0.306 e. The molecule has 1 N–H and O–H groups in total. The van der Waals surface area contributed by atoms with Crippen molar-refractivity contribution in [2.24, 2.45) is 0 Å². The first kappa shape index (κ1) is 43.1. The van der Waals surface area contributed by atoms with Gasteiger partial charge in [-0.3, -0.25) is 9.59 Å². The average Bonchev–Trinajstić information content (AvgIpc) is 3.06. The standard InChI is InChI=1S/C41H66O5/c1-3-5-7-9-11-13-15-17-18-19-20-21-22-24-26-28-30-32-34-36-41(44)46-39(37-42)38-45-40(43)35-33-31-29-27-25-23-16-14-12-10-8-6-4-2/h5,7,11,13-14,16-18,20-21,24,26,30,32,39,42H,3-4,6,8-10,12,15,19,22-23,25,27-29,31,33-38H2,1-2H3/t39-/m0/s1. The lowest BCUT2D eigenvalue weighted by Gasteiger charge is -2.15. The summed E-state index contributed by atoms with van der Waals surface area (Å²) in [6.45, 7) is 3.91. The zero-order valence-electron chi connectivity index (χ0n) is 29.3. The second kappa shape index (κ2) is 36.5. The number of ether oxygens (including phenoxy) is 2. The lowest BCUT2D eigenvalue weighted by Crippen LogP contribution is -2.28. The summed E-state index contributed by atoms with van der Waals surface area (Å²) in [4.78, 5) is 24.1. The summed E-state index contributed by atoms with van der Waals surface area (Å²) < 4.78 is 10.5. The number of carbonyl (C=O) groups is 2. The molecule has 260 valence electrons. The summed E-state index contributed by atoms with van der Waals surface area (Å²) >= 11 is 0. The van der Waals surface area contributed by atoms with Crippen LogP contribution in [0.3, 0.4) is 0 Å². The van der Waals surface area contributed by atoms with Gasteiger partial charge in [0.2, 0.25) is 0 Å². The van der Waals surface area contributed by atoms with Crippen molar-refractivity contribution in [1.82, 2.24) is 0 Å². The van der Waals surface area contributed by atoms with Gasteiger partial charge in [-0.1, -0.05) is 137 Å². The van der Waals surface area contributed by atoms with E-state index in [0.717, 1.165) is 64.2 Å². The molecule has 0 aliphatic carbocycles. The fraction of sp³-hybridized carbons (Fsp3) is 0.610. The van der Waals surface area contributed by atoms with E-state index in [2.05, 4.69) is 86.8 Å². The van der Waals surface area contributed by atoms with E-state index in [1.165, 1.54) is 44.9 Å². The molecule has 0 fully saturated rings. The third-order valence-electron chi connectivity index (χ3n) is 7.19. The maximum absolute atomic E-state index is 12.1. The van der Waals surface area contributed by atoms with Gasteiger partial charge >= 0.3 is 11.9 Å². The maximum atomic E-state index is 12.1. The highest BCUT2D eigenvalue weighted by Gasteiger charge is 2.15. The van der Waals surface area contributed by atoms with E-state index < -0.39 is 12.1 Å². The van der Waals surface area contributed by atoms with Gasteiger partial charge < -0.3 is 14.6 Å². The number of unbranched alkanes of at least 4 members (excludes halogenated alkanes) is 9. The van der Waals surface area contributed by atoms with Gasteiger partial charge in [-0.25, -0.2) is 0 Å². The molecule has 0 amide bonds. The highest BCUT2D eigenvalue weighted by atomic mass is 16.6. The minimum absolute atomic E-state index is 0.105. The minimum atomic E-state index is -0.818. The fourth-order valence-electron chi connectivity index (χ4n) is 4.45. The van der Waals surface area contributed by atoms with Gasteiger partial charge in [-0.05, 0) is 77.0 Å². The Bertz CT molecular complexity index is 906. The molecule has 5 nitrogen and oxygen atoms in total. The number of allylic oxidation sites excluding steroid dienone is 14. The van der Waals surface area contributed by atoms with Crippen molar-refractivity contribution in [3.63, 3.8) is 0 Å². The number of hydrogen-bond donors (Lipinski definition) is 1. The van der Waals surface area contributed by atoms with E-state index in [1.54, 1.807) is 0 Å². The normalized spacial score (nSPS) is 13.2. The molecule has 0 aliphatic heterocycles. The molecule has 0 aliphatic rings. The Kier molecular flexibility index (Phi) is 34.2. The maximum Gasteiger partial charge on any atom is 0.306 e. The number of esters is 2. The molecule has 0 rings (SSSR count). The topological polar surface area (TPSA) is 72.8 Å². The van der Waals surface area contributed by atoms with Gasteiger partial charge in [-0.2, -0.15) is 0 Å².